The van der Waals surface area contributed by atoms with Gasteiger partial charge in [-0.3, -0.25) is 9.59 Å². The van der Waals surface area contributed by atoms with E-state index in [4.69, 9.17) is 9.47 Å². The summed E-state index contributed by atoms with van der Waals surface area (Å²) in [7, 11) is 3.05. The Balaban J connectivity index is 1.78. The van der Waals surface area contributed by atoms with Crippen molar-refractivity contribution < 1.29 is 32.2 Å². The van der Waals surface area contributed by atoms with E-state index < -0.39 is 23.6 Å². The predicted molar refractivity (Wildman–Crippen MR) is 110 cm³/mol. The van der Waals surface area contributed by atoms with Crippen LogP contribution >= 0.6 is 0 Å². The number of carbonyl (C=O) groups is 2. The molecule has 2 aromatic carbocycles. The van der Waals surface area contributed by atoms with Gasteiger partial charge in [-0.25, -0.2) is 0 Å². The fourth-order valence-corrected chi connectivity index (χ4v) is 4.66. The molecule has 168 valence electrons. The number of halogens is 3. The fraction of sp³-hybridized carbons (Fsp3) is 0.333. The molecule has 32 heavy (non-hydrogen) atoms. The molecule has 0 bridgehead atoms. The normalized spacial score (nSPS) is 21.2. The molecule has 5 nitrogen and oxygen atoms in total. The minimum Gasteiger partial charge on any atom is -0.497 e. The summed E-state index contributed by atoms with van der Waals surface area (Å²) in [4.78, 5) is 25.7. The van der Waals surface area contributed by atoms with Gasteiger partial charge in [0.2, 0.25) is 5.91 Å². The number of carbonyl (C=O) groups excluding carboxylic acids is 2. The van der Waals surface area contributed by atoms with Crippen molar-refractivity contribution in [2.45, 2.75) is 37.3 Å². The maximum Gasteiger partial charge on any atom is 0.416 e. The highest BCUT2D eigenvalue weighted by atomic mass is 19.4. The third-order valence-electron chi connectivity index (χ3n) is 6.05. The Morgan fingerprint density at radius 3 is 2.38 bits per heavy atom. The largest absolute Gasteiger partial charge is 0.497 e. The monoisotopic (exact) mass is 445 g/mol. The lowest BCUT2D eigenvalue weighted by Gasteiger charge is -2.35. The van der Waals surface area contributed by atoms with Crippen molar-refractivity contribution in [1.29, 1.82) is 0 Å². The van der Waals surface area contributed by atoms with E-state index in [1.54, 1.807) is 18.2 Å². The SMILES string of the molecule is COc1ccc(OC)c([C@@H]2CC(=O)C3=C(C2)NC(=O)C[C@H]3c2ccccc2C(F)(F)F)c1. The number of hydrogen-bond acceptors (Lipinski definition) is 4. The molecule has 1 N–H and O–H groups in total. The number of ether oxygens (including phenoxy) is 2. The minimum absolute atomic E-state index is 0.0480. The van der Waals surface area contributed by atoms with Gasteiger partial charge in [-0.15, -0.1) is 0 Å². The molecule has 1 heterocycles. The summed E-state index contributed by atoms with van der Waals surface area (Å²) >= 11 is 0. The predicted octanol–water partition coefficient (Wildman–Crippen LogP) is 4.73. The highest BCUT2D eigenvalue weighted by Crippen LogP contribution is 2.47. The Labute approximate surface area is 183 Å². The number of Topliss-reactive ketones (excluding diaryl/α,β-unsaturated/α-hetero) is 1. The number of hydrogen-bond donors (Lipinski definition) is 1. The van der Waals surface area contributed by atoms with E-state index in [1.165, 1.54) is 32.4 Å². The van der Waals surface area contributed by atoms with Crippen LogP contribution in [0, 0.1) is 0 Å². The third kappa shape index (κ3) is 3.97. The molecule has 0 radical (unpaired) electrons. The van der Waals surface area contributed by atoms with Crippen LogP contribution in [0.3, 0.4) is 0 Å². The van der Waals surface area contributed by atoms with Crippen molar-refractivity contribution in [3.05, 3.63) is 70.4 Å². The van der Waals surface area contributed by atoms with Gasteiger partial charge in [0, 0.05) is 41.5 Å². The molecule has 8 heteroatoms. The number of alkyl halides is 3. The number of rotatable bonds is 4. The molecule has 0 spiro atoms. The molecule has 1 aliphatic carbocycles. The van der Waals surface area contributed by atoms with Crippen LogP contribution in [-0.4, -0.2) is 25.9 Å². The van der Waals surface area contributed by atoms with Gasteiger partial charge < -0.3 is 14.8 Å². The summed E-state index contributed by atoms with van der Waals surface area (Å²) < 4.78 is 51.6. The van der Waals surface area contributed by atoms with Crippen LogP contribution in [0.4, 0.5) is 13.2 Å². The summed E-state index contributed by atoms with van der Waals surface area (Å²) in [6.07, 6.45) is -4.38. The second-order valence-corrected chi connectivity index (χ2v) is 7.92. The Kier molecular flexibility index (Phi) is 5.71. The number of benzene rings is 2. The lowest BCUT2D eigenvalue weighted by Crippen LogP contribution is -2.38. The number of nitrogens with one attached hydrogen (secondary N) is 1. The van der Waals surface area contributed by atoms with Gasteiger partial charge in [0.15, 0.2) is 5.78 Å². The van der Waals surface area contributed by atoms with Crippen LogP contribution in [0.25, 0.3) is 0 Å². The highest BCUT2D eigenvalue weighted by molar-refractivity contribution is 6.02. The zero-order chi connectivity index (χ0) is 23.0. The number of allylic oxidation sites excluding steroid dienone is 2. The maximum absolute atomic E-state index is 13.6. The fourth-order valence-electron chi connectivity index (χ4n) is 4.66. The van der Waals surface area contributed by atoms with Crippen LogP contribution < -0.4 is 14.8 Å². The topological polar surface area (TPSA) is 64.6 Å². The molecule has 2 atom stereocenters. The molecule has 1 amide bonds. The first-order chi connectivity index (χ1) is 15.2. The first kappa shape index (κ1) is 21.9. The molecule has 0 aromatic heterocycles. The summed E-state index contributed by atoms with van der Waals surface area (Å²) in [6.45, 7) is 0. The van der Waals surface area contributed by atoms with Gasteiger partial charge in [-0.1, -0.05) is 18.2 Å². The second-order valence-electron chi connectivity index (χ2n) is 7.92. The molecule has 1 aliphatic heterocycles. The van der Waals surface area contributed by atoms with Crippen molar-refractivity contribution in [2.24, 2.45) is 0 Å². The zero-order valence-electron chi connectivity index (χ0n) is 17.6. The molecule has 0 saturated carbocycles. The molecule has 0 saturated heterocycles. The molecule has 2 aliphatic rings. The average molecular weight is 445 g/mol. The standard InChI is InChI=1S/C24H22F3NO4/c1-31-14-7-8-21(32-2)16(11-14)13-9-19-23(20(29)10-13)17(12-22(30)28-19)15-5-3-4-6-18(15)24(25,26)27/h3-8,11,13,17H,9-10,12H2,1-2H3,(H,28,30)/t13-,17-/m0/s1. The van der Waals surface area contributed by atoms with Crippen molar-refractivity contribution in [3.8, 4) is 11.5 Å². The van der Waals surface area contributed by atoms with E-state index >= 15 is 0 Å². The van der Waals surface area contributed by atoms with Crippen LogP contribution in [-0.2, 0) is 15.8 Å². The van der Waals surface area contributed by atoms with Crippen molar-refractivity contribution in [2.75, 3.05) is 14.2 Å². The smallest absolute Gasteiger partial charge is 0.416 e. The lowest BCUT2D eigenvalue weighted by molar-refractivity contribution is -0.138. The van der Waals surface area contributed by atoms with E-state index in [1.807, 2.05) is 0 Å². The maximum atomic E-state index is 13.6. The summed E-state index contributed by atoms with van der Waals surface area (Å²) in [6, 6.07) is 10.4. The van der Waals surface area contributed by atoms with Crippen molar-refractivity contribution in [1.82, 2.24) is 5.32 Å². The summed E-state index contributed by atoms with van der Waals surface area (Å²) in [5.74, 6) is -0.744. The Morgan fingerprint density at radius 1 is 0.938 bits per heavy atom. The molecular formula is C24H22F3NO4. The van der Waals surface area contributed by atoms with Gasteiger partial charge in [0.05, 0.1) is 19.8 Å². The van der Waals surface area contributed by atoms with Gasteiger partial charge in [0.1, 0.15) is 11.5 Å². The lowest BCUT2D eigenvalue weighted by atomic mass is 9.72. The van der Waals surface area contributed by atoms with Gasteiger partial charge in [-0.2, -0.15) is 13.2 Å². The molecule has 2 aromatic rings. The van der Waals surface area contributed by atoms with Gasteiger partial charge >= 0.3 is 6.18 Å². The third-order valence-corrected chi connectivity index (χ3v) is 6.05. The van der Waals surface area contributed by atoms with E-state index in [2.05, 4.69) is 5.32 Å². The summed E-state index contributed by atoms with van der Waals surface area (Å²) in [5, 5.41) is 2.74. The number of methoxy groups -OCH3 is 2. The average Bonchev–Trinajstić information content (AvgIpc) is 2.77. The van der Waals surface area contributed by atoms with Crippen LogP contribution in [0.1, 0.15) is 47.8 Å². The summed E-state index contributed by atoms with van der Waals surface area (Å²) in [5.41, 5.74) is 0.525. The number of amides is 1. The van der Waals surface area contributed by atoms with Crippen LogP contribution in [0.2, 0.25) is 0 Å². The van der Waals surface area contributed by atoms with E-state index in [0.717, 1.165) is 11.6 Å². The van der Waals surface area contributed by atoms with Crippen LogP contribution in [0.15, 0.2) is 53.7 Å². The minimum atomic E-state index is -4.58. The first-order valence-electron chi connectivity index (χ1n) is 10.2. The Bertz CT molecular complexity index is 1110. The Hall–Kier alpha value is -3.29. The van der Waals surface area contributed by atoms with Crippen molar-refractivity contribution in [3.63, 3.8) is 0 Å². The van der Waals surface area contributed by atoms with E-state index in [0.29, 0.717) is 23.6 Å². The second kappa shape index (κ2) is 8.33. The highest BCUT2D eigenvalue weighted by Gasteiger charge is 2.42. The molecule has 0 fully saturated rings. The first-order valence-corrected chi connectivity index (χ1v) is 10.2. The van der Waals surface area contributed by atoms with Crippen LogP contribution in [0.5, 0.6) is 11.5 Å². The van der Waals surface area contributed by atoms with E-state index in [-0.39, 0.29) is 35.7 Å². The van der Waals surface area contributed by atoms with Gasteiger partial charge in [0.25, 0.3) is 0 Å². The Morgan fingerprint density at radius 2 is 1.69 bits per heavy atom. The van der Waals surface area contributed by atoms with Gasteiger partial charge in [-0.05, 0) is 36.2 Å². The molecule has 4 rings (SSSR count). The zero-order valence-corrected chi connectivity index (χ0v) is 17.6. The van der Waals surface area contributed by atoms with E-state index in [9.17, 15) is 22.8 Å². The quantitative estimate of drug-likeness (QED) is 0.739. The number of ketones is 1. The molecular weight excluding hydrogens is 423 g/mol. The molecule has 0 unspecified atom stereocenters. The van der Waals surface area contributed by atoms with Crippen molar-refractivity contribution >= 4 is 11.7 Å².